The summed E-state index contributed by atoms with van der Waals surface area (Å²) in [6.45, 7) is 0.553. The van der Waals surface area contributed by atoms with Crippen LogP contribution in [-0.2, 0) is 6.42 Å². The fourth-order valence-electron chi connectivity index (χ4n) is 3.12. The predicted molar refractivity (Wildman–Crippen MR) is 119 cm³/mol. The number of aromatic nitrogens is 2. The number of rotatable bonds is 6. The molecule has 0 saturated heterocycles. The second-order valence-corrected chi connectivity index (χ2v) is 7.36. The standard InChI is InChI=1S/C24H20ClN3O2/c25-20-9-1-16(2-10-20)13-14-26-24(30)19-5-3-17(4-6-19)22-15-23(28-27-22)18-7-11-21(29)12-8-18/h1-12,15,29H,13-14H2,(H,26,30)(H,27,28). The molecule has 0 spiro atoms. The molecule has 30 heavy (non-hydrogen) atoms. The number of phenolic OH excluding ortho intramolecular Hbond substituents is 1. The number of aromatic amines is 1. The Bertz CT molecular complexity index is 1130. The van der Waals surface area contributed by atoms with Crippen LogP contribution in [0.5, 0.6) is 5.75 Å². The molecule has 6 heteroatoms. The predicted octanol–water partition coefficient (Wildman–Crippen LogP) is 5.08. The molecule has 1 heterocycles. The molecule has 0 fully saturated rings. The fraction of sp³-hybridized carbons (Fsp3) is 0.0833. The van der Waals surface area contributed by atoms with E-state index in [1.807, 2.05) is 54.6 Å². The minimum absolute atomic E-state index is 0.109. The number of carbonyl (C=O) groups is 1. The molecule has 0 atom stereocenters. The number of phenols is 1. The van der Waals surface area contributed by atoms with Crippen LogP contribution in [-0.4, -0.2) is 27.8 Å². The largest absolute Gasteiger partial charge is 0.508 e. The number of halogens is 1. The van der Waals surface area contributed by atoms with Gasteiger partial charge >= 0.3 is 0 Å². The van der Waals surface area contributed by atoms with E-state index in [0.29, 0.717) is 17.1 Å². The van der Waals surface area contributed by atoms with E-state index in [1.165, 1.54) is 0 Å². The molecule has 0 bridgehead atoms. The first kappa shape index (κ1) is 19.7. The van der Waals surface area contributed by atoms with Crippen molar-refractivity contribution >= 4 is 17.5 Å². The smallest absolute Gasteiger partial charge is 0.251 e. The van der Waals surface area contributed by atoms with E-state index in [0.717, 1.165) is 34.5 Å². The number of H-pyrrole nitrogens is 1. The highest BCUT2D eigenvalue weighted by atomic mass is 35.5. The summed E-state index contributed by atoms with van der Waals surface area (Å²) in [6.07, 6.45) is 0.744. The van der Waals surface area contributed by atoms with Crippen LogP contribution in [0.25, 0.3) is 22.5 Å². The van der Waals surface area contributed by atoms with Crippen LogP contribution < -0.4 is 5.32 Å². The number of benzene rings is 3. The molecule has 3 aromatic carbocycles. The Morgan fingerprint density at radius 2 is 1.60 bits per heavy atom. The molecule has 1 aromatic heterocycles. The lowest BCUT2D eigenvalue weighted by atomic mass is 10.1. The molecule has 5 nitrogen and oxygen atoms in total. The zero-order chi connectivity index (χ0) is 20.9. The highest BCUT2D eigenvalue weighted by molar-refractivity contribution is 6.30. The summed E-state index contributed by atoms with van der Waals surface area (Å²) in [5.41, 5.74) is 5.21. The molecular formula is C24H20ClN3O2. The molecule has 4 rings (SSSR count). The Hall–Kier alpha value is -3.57. The molecule has 0 aliphatic carbocycles. The number of carbonyl (C=O) groups excluding carboxylic acids is 1. The Morgan fingerprint density at radius 3 is 2.30 bits per heavy atom. The molecule has 0 aliphatic rings. The fourth-order valence-corrected chi connectivity index (χ4v) is 3.25. The zero-order valence-electron chi connectivity index (χ0n) is 16.1. The van der Waals surface area contributed by atoms with Gasteiger partial charge in [0.2, 0.25) is 0 Å². The highest BCUT2D eigenvalue weighted by Gasteiger charge is 2.09. The van der Waals surface area contributed by atoms with Crippen LogP contribution in [0.1, 0.15) is 15.9 Å². The van der Waals surface area contributed by atoms with Crippen molar-refractivity contribution in [2.75, 3.05) is 6.54 Å². The summed E-state index contributed by atoms with van der Waals surface area (Å²) in [5.74, 6) is 0.114. The second kappa shape index (κ2) is 8.84. The van der Waals surface area contributed by atoms with Gasteiger partial charge in [0.05, 0.1) is 11.4 Å². The van der Waals surface area contributed by atoms with E-state index in [9.17, 15) is 9.90 Å². The highest BCUT2D eigenvalue weighted by Crippen LogP contribution is 2.25. The number of hydrogen-bond donors (Lipinski definition) is 3. The van der Waals surface area contributed by atoms with Gasteiger partial charge in [-0.3, -0.25) is 9.89 Å². The number of aromatic hydroxyl groups is 1. The lowest BCUT2D eigenvalue weighted by Gasteiger charge is -2.06. The summed E-state index contributed by atoms with van der Waals surface area (Å²) in [7, 11) is 0. The van der Waals surface area contributed by atoms with E-state index in [2.05, 4.69) is 15.5 Å². The third kappa shape index (κ3) is 4.70. The summed E-state index contributed by atoms with van der Waals surface area (Å²) in [6, 6.07) is 23.8. The summed E-state index contributed by atoms with van der Waals surface area (Å²) >= 11 is 5.89. The van der Waals surface area contributed by atoms with E-state index >= 15 is 0 Å². The Kier molecular flexibility index (Phi) is 5.82. The topological polar surface area (TPSA) is 78.0 Å². The number of amides is 1. The number of nitrogens with one attached hydrogen (secondary N) is 2. The normalized spacial score (nSPS) is 10.7. The van der Waals surface area contributed by atoms with Gasteiger partial charge in [0.15, 0.2) is 0 Å². The minimum atomic E-state index is -0.109. The molecule has 4 aromatic rings. The van der Waals surface area contributed by atoms with Crippen LogP contribution in [0.15, 0.2) is 78.9 Å². The van der Waals surface area contributed by atoms with Crippen LogP contribution in [0, 0.1) is 0 Å². The van der Waals surface area contributed by atoms with E-state index in [-0.39, 0.29) is 11.7 Å². The van der Waals surface area contributed by atoms with E-state index < -0.39 is 0 Å². The van der Waals surface area contributed by atoms with Crippen LogP contribution in [0.2, 0.25) is 5.02 Å². The second-order valence-electron chi connectivity index (χ2n) is 6.92. The SMILES string of the molecule is O=C(NCCc1ccc(Cl)cc1)c1ccc(-c2cc(-c3ccc(O)cc3)[nH]n2)cc1. The summed E-state index contributed by atoms with van der Waals surface area (Å²) in [5, 5.41) is 20.4. The Labute approximate surface area is 179 Å². The Balaban J connectivity index is 1.37. The van der Waals surface area contributed by atoms with Crippen molar-refractivity contribution in [2.45, 2.75) is 6.42 Å². The van der Waals surface area contributed by atoms with Crippen molar-refractivity contribution in [2.24, 2.45) is 0 Å². The van der Waals surface area contributed by atoms with Gasteiger partial charge in [0.25, 0.3) is 5.91 Å². The summed E-state index contributed by atoms with van der Waals surface area (Å²) < 4.78 is 0. The maximum absolute atomic E-state index is 12.4. The Morgan fingerprint density at radius 1 is 0.933 bits per heavy atom. The van der Waals surface area contributed by atoms with Gasteiger partial charge in [0.1, 0.15) is 5.75 Å². The van der Waals surface area contributed by atoms with Crippen LogP contribution in [0.4, 0.5) is 0 Å². The van der Waals surface area contributed by atoms with Gasteiger partial charge < -0.3 is 10.4 Å². The van der Waals surface area contributed by atoms with Crippen molar-refractivity contribution < 1.29 is 9.90 Å². The van der Waals surface area contributed by atoms with Crippen molar-refractivity contribution in [1.82, 2.24) is 15.5 Å². The van der Waals surface area contributed by atoms with Crippen molar-refractivity contribution in [3.8, 4) is 28.3 Å². The lowest BCUT2D eigenvalue weighted by Crippen LogP contribution is -2.25. The lowest BCUT2D eigenvalue weighted by molar-refractivity contribution is 0.0954. The van der Waals surface area contributed by atoms with Gasteiger partial charge in [-0.2, -0.15) is 5.10 Å². The van der Waals surface area contributed by atoms with Crippen LogP contribution >= 0.6 is 11.6 Å². The molecule has 0 saturated carbocycles. The molecule has 0 radical (unpaired) electrons. The maximum Gasteiger partial charge on any atom is 0.251 e. The summed E-state index contributed by atoms with van der Waals surface area (Å²) in [4.78, 5) is 12.4. The molecule has 0 unspecified atom stereocenters. The quantitative estimate of drug-likeness (QED) is 0.409. The number of nitrogens with zero attached hydrogens (tertiary/aromatic N) is 1. The van der Waals surface area contributed by atoms with Crippen LogP contribution in [0.3, 0.4) is 0 Å². The average Bonchev–Trinajstić information content (AvgIpc) is 3.26. The third-order valence-corrected chi connectivity index (χ3v) is 5.06. The minimum Gasteiger partial charge on any atom is -0.508 e. The van der Waals surface area contributed by atoms with Crippen molar-refractivity contribution in [1.29, 1.82) is 0 Å². The maximum atomic E-state index is 12.4. The van der Waals surface area contributed by atoms with Gasteiger partial charge in [-0.05, 0) is 72.1 Å². The molecule has 1 amide bonds. The first-order valence-corrected chi connectivity index (χ1v) is 9.94. The molecular weight excluding hydrogens is 398 g/mol. The monoisotopic (exact) mass is 417 g/mol. The third-order valence-electron chi connectivity index (χ3n) is 4.81. The van der Waals surface area contributed by atoms with E-state index in [4.69, 9.17) is 11.6 Å². The average molecular weight is 418 g/mol. The molecule has 0 aliphatic heterocycles. The van der Waals surface area contributed by atoms with Crippen molar-refractivity contribution in [3.63, 3.8) is 0 Å². The first-order chi connectivity index (χ1) is 14.6. The number of hydrogen-bond acceptors (Lipinski definition) is 3. The van der Waals surface area contributed by atoms with E-state index in [1.54, 1.807) is 24.3 Å². The molecule has 3 N–H and O–H groups in total. The van der Waals surface area contributed by atoms with Gasteiger partial charge in [0, 0.05) is 22.7 Å². The van der Waals surface area contributed by atoms with Crippen molar-refractivity contribution in [3.05, 3.63) is 95.0 Å². The van der Waals surface area contributed by atoms with Gasteiger partial charge in [-0.15, -0.1) is 0 Å². The first-order valence-electron chi connectivity index (χ1n) is 9.56. The zero-order valence-corrected chi connectivity index (χ0v) is 16.9. The van der Waals surface area contributed by atoms with Gasteiger partial charge in [-0.25, -0.2) is 0 Å². The molecule has 150 valence electrons. The van der Waals surface area contributed by atoms with Gasteiger partial charge in [-0.1, -0.05) is 35.9 Å².